The Morgan fingerprint density at radius 1 is 1.08 bits per heavy atom. The number of benzene rings is 1. The lowest BCUT2D eigenvalue weighted by atomic mass is 10.0. The number of piperazine rings is 1. The highest BCUT2D eigenvalue weighted by molar-refractivity contribution is 5.97. The first kappa shape index (κ1) is 26.2. The molecular weight excluding hydrogens is 501 g/mol. The van der Waals surface area contributed by atoms with Crippen LogP contribution in [0.25, 0.3) is 33.4 Å². The van der Waals surface area contributed by atoms with Gasteiger partial charge in [0.25, 0.3) is 0 Å². The fourth-order valence-electron chi connectivity index (χ4n) is 4.67. The molecule has 5 rings (SSSR count). The predicted octanol–water partition coefficient (Wildman–Crippen LogP) is 4.45. The zero-order valence-electron chi connectivity index (χ0n) is 21.9. The van der Waals surface area contributed by atoms with Crippen LogP contribution >= 0.6 is 0 Å². The largest absolute Gasteiger partial charge is 0.450 e. The summed E-state index contributed by atoms with van der Waals surface area (Å²) in [5.74, 6) is -0.0909. The van der Waals surface area contributed by atoms with E-state index in [1.807, 2.05) is 36.1 Å². The van der Waals surface area contributed by atoms with Crippen molar-refractivity contribution in [3.63, 3.8) is 0 Å². The summed E-state index contributed by atoms with van der Waals surface area (Å²) >= 11 is 0. The third-order valence-corrected chi connectivity index (χ3v) is 6.67. The van der Waals surface area contributed by atoms with Crippen molar-refractivity contribution in [2.75, 3.05) is 38.1 Å². The van der Waals surface area contributed by atoms with Crippen LogP contribution in [-0.4, -0.2) is 74.5 Å². The molecule has 39 heavy (non-hydrogen) atoms. The molecule has 2 amide bonds. The number of carbonyl (C=O) groups is 2. The number of nitrogens with one attached hydrogen (secondary N) is 2. The van der Waals surface area contributed by atoms with Crippen molar-refractivity contribution in [1.29, 1.82) is 0 Å². The number of ether oxygens (including phenoxy) is 1. The average molecular weight is 532 g/mol. The normalized spacial score (nSPS) is 14.0. The van der Waals surface area contributed by atoms with Crippen LogP contribution < -0.4 is 5.32 Å². The molecule has 1 fully saturated rings. The summed E-state index contributed by atoms with van der Waals surface area (Å²) < 4.78 is 19.7. The Labute approximate surface area is 225 Å². The van der Waals surface area contributed by atoms with E-state index < -0.39 is 11.9 Å². The lowest BCUT2D eigenvalue weighted by Gasteiger charge is -2.34. The summed E-state index contributed by atoms with van der Waals surface area (Å²) in [7, 11) is 0. The van der Waals surface area contributed by atoms with E-state index in [9.17, 15) is 14.0 Å². The quantitative estimate of drug-likeness (QED) is 0.362. The SMILES string of the molecule is CCOC(=O)Nc1nc2cc(-c3ccc(CN4CCN(C(=O)CC)CC4)nc3)cc(-c3ncccc3F)c2[nH]1. The molecule has 0 radical (unpaired) electrons. The van der Waals surface area contributed by atoms with E-state index in [-0.39, 0.29) is 24.2 Å². The number of imidazole rings is 1. The van der Waals surface area contributed by atoms with Crippen LogP contribution in [0.1, 0.15) is 26.0 Å². The molecule has 3 aromatic heterocycles. The molecule has 11 heteroatoms. The molecule has 4 heterocycles. The van der Waals surface area contributed by atoms with Crippen molar-refractivity contribution in [3.8, 4) is 22.4 Å². The van der Waals surface area contributed by atoms with Gasteiger partial charge in [-0.2, -0.15) is 0 Å². The third-order valence-electron chi connectivity index (χ3n) is 6.67. The summed E-state index contributed by atoms with van der Waals surface area (Å²) in [6.07, 6.45) is 3.21. The van der Waals surface area contributed by atoms with Gasteiger partial charge in [0, 0.05) is 62.7 Å². The van der Waals surface area contributed by atoms with Crippen LogP contribution in [0.3, 0.4) is 0 Å². The topological polar surface area (TPSA) is 116 Å². The number of pyridine rings is 2. The molecule has 4 aromatic rings. The monoisotopic (exact) mass is 531 g/mol. The predicted molar refractivity (Wildman–Crippen MR) is 145 cm³/mol. The van der Waals surface area contributed by atoms with Crippen LogP contribution in [0.5, 0.6) is 0 Å². The third kappa shape index (κ3) is 5.88. The molecule has 1 aliphatic heterocycles. The number of nitrogens with zero attached hydrogens (tertiary/aromatic N) is 5. The lowest BCUT2D eigenvalue weighted by molar-refractivity contribution is -0.132. The maximum absolute atomic E-state index is 14.8. The maximum atomic E-state index is 14.8. The van der Waals surface area contributed by atoms with E-state index in [1.165, 1.54) is 18.3 Å². The highest BCUT2D eigenvalue weighted by atomic mass is 19.1. The number of amides is 2. The van der Waals surface area contributed by atoms with Crippen molar-refractivity contribution in [2.45, 2.75) is 26.8 Å². The first-order valence-electron chi connectivity index (χ1n) is 13.0. The Kier molecular flexibility index (Phi) is 7.78. The summed E-state index contributed by atoms with van der Waals surface area (Å²) in [6, 6.07) is 10.5. The molecule has 1 aliphatic rings. The van der Waals surface area contributed by atoms with Crippen molar-refractivity contribution >= 4 is 29.0 Å². The fraction of sp³-hybridized carbons (Fsp3) is 0.321. The Morgan fingerprint density at radius 2 is 1.90 bits per heavy atom. The maximum Gasteiger partial charge on any atom is 0.413 e. The van der Waals surface area contributed by atoms with Gasteiger partial charge < -0.3 is 14.6 Å². The molecule has 0 spiro atoms. The minimum atomic E-state index is -0.638. The average Bonchev–Trinajstić information content (AvgIpc) is 3.35. The summed E-state index contributed by atoms with van der Waals surface area (Å²) in [6.45, 7) is 7.60. The Hall–Kier alpha value is -4.38. The van der Waals surface area contributed by atoms with Crippen LogP contribution in [0.2, 0.25) is 0 Å². The number of halogens is 1. The molecule has 0 saturated carbocycles. The molecule has 202 valence electrons. The van der Waals surface area contributed by atoms with E-state index in [1.54, 1.807) is 13.1 Å². The van der Waals surface area contributed by atoms with Gasteiger partial charge in [0.1, 0.15) is 11.5 Å². The van der Waals surface area contributed by atoms with Gasteiger partial charge >= 0.3 is 6.09 Å². The van der Waals surface area contributed by atoms with Gasteiger partial charge in [-0.1, -0.05) is 13.0 Å². The Bertz CT molecular complexity index is 1480. The van der Waals surface area contributed by atoms with E-state index in [0.29, 0.717) is 29.6 Å². The molecule has 1 saturated heterocycles. The van der Waals surface area contributed by atoms with Gasteiger partial charge in [-0.25, -0.2) is 14.2 Å². The molecule has 1 aromatic carbocycles. The molecule has 0 aliphatic carbocycles. The van der Waals surface area contributed by atoms with E-state index in [0.717, 1.165) is 43.0 Å². The van der Waals surface area contributed by atoms with Gasteiger partial charge in [0.15, 0.2) is 0 Å². The molecule has 0 bridgehead atoms. The summed E-state index contributed by atoms with van der Waals surface area (Å²) in [5, 5.41) is 2.56. The first-order valence-corrected chi connectivity index (χ1v) is 13.0. The molecule has 0 unspecified atom stereocenters. The van der Waals surface area contributed by atoms with Gasteiger partial charge in [-0.05, 0) is 42.8 Å². The van der Waals surface area contributed by atoms with Crippen LogP contribution in [-0.2, 0) is 16.1 Å². The smallest absolute Gasteiger partial charge is 0.413 e. The molecule has 2 N–H and O–H groups in total. The number of aromatic amines is 1. The van der Waals surface area contributed by atoms with Crippen LogP contribution in [0.15, 0.2) is 48.8 Å². The molecule has 0 atom stereocenters. The van der Waals surface area contributed by atoms with Gasteiger partial charge in [-0.15, -0.1) is 0 Å². The number of H-pyrrole nitrogens is 1. The molecular formula is C28H30FN7O3. The molecule has 10 nitrogen and oxygen atoms in total. The number of aromatic nitrogens is 4. The number of fused-ring (bicyclic) bond motifs is 1. The second-order valence-corrected chi connectivity index (χ2v) is 9.23. The van der Waals surface area contributed by atoms with E-state index in [4.69, 9.17) is 4.74 Å². The summed E-state index contributed by atoms with van der Waals surface area (Å²) in [5.41, 5.74) is 4.28. The van der Waals surface area contributed by atoms with Crippen molar-refractivity contribution in [2.24, 2.45) is 0 Å². The number of anilines is 1. The van der Waals surface area contributed by atoms with Crippen LogP contribution in [0, 0.1) is 5.82 Å². The lowest BCUT2D eigenvalue weighted by Crippen LogP contribution is -2.48. The number of hydrogen-bond donors (Lipinski definition) is 2. The fourth-order valence-corrected chi connectivity index (χ4v) is 4.67. The Morgan fingerprint density at radius 3 is 2.59 bits per heavy atom. The number of rotatable bonds is 7. The number of hydrogen-bond acceptors (Lipinski definition) is 7. The van der Waals surface area contributed by atoms with Crippen molar-refractivity contribution in [3.05, 3.63) is 60.3 Å². The van der Waals surface area contributed by atoms with Crippen molar-refractivity contribution in [1.82, 2.24) is 29.7 Å². The highest BCUT2D eigenvalue weighted by Crippen LogP contribution is 2.34. The highest BCUT2D eigenvalue weighted by Gasteiger charge is 2.21. The zero-order chi connectivity index (χ0) is 27.4. The van der Waals surface area contributed by atoms with Crippen molar-refractivity contribution < 1.29 is 18.7 Å². The van der Waals surface area contributed by atoms with Gasteiger partial charge in [0.05, 0.1) is 23.3 Å². The second-order valence-electron chi connectivity index (χ2n) is 9.23. The minimum absolute atomic E-state index is 0.168. The van der Waals surface area contributed by atoms with Gasteiger partial charge in [0.2, 0.25) is 11.9 Å². The van der Waals surface area contributed by atoms with Crippen LogP contribution in [0.4, 0.5) is 15.1 Å². The summed E-state index contributed by atoms with van der Waals surface area (Å²) in [4.78, 5) is 44.5. The van der Waals surface area contributed by atoms with E-state index >= 15 is 0 Å². The minimum Gasteiger partial charge on any atom is -0.450 e. The second kappa shape index (κ2) is 11.6. The van der Waals surface area contributed by atoms with E-state index in [2.05, 4.69) is 30.2 Å². The zero-order valence-corrected chi connectivity index (χ0v) is 21.9. The Balaban J connectivity index is 1.41. The number of carbonyl (C=O) groups excluding carboxylic acids is 2. The standard InChI is InChI=1S/C28H30FN7O3/c1-3-24(37)36-12-10-35(11-13-36)17-20-8-7-18(16-31-20)19-14-21(25-22(29)6-5-9-30-25)26-23(15-19)32-27(33-26)34-28(38)39-4-2/h5-9,14-16H,3-4,10-13,17H2,1-2H3,(H2,32,33,34,38). The first-order chi connectivity index (χ1) is 18.9. The van der Waals surface area contributed by atoms with Gasteiger partial charge in [-0.3, -0.25) is 25.0 Å².